The molecule has 4 heteroatoms. The monoisotopic (exact) mass is 269 g/mol. The summed E-state index contributed by atoms with van der Waals surface area (Å²) in [6.45, 7) is 4.81. The van der Waals surface area contributed by atoms with Gasteiger partial charge in [0, 0.05) is 6.54 Å². The van der Waals surface area contributed by atoms with Crippen LogP contribution in [0.2, 0.25) is 0 Å². The molecule has 1 spiro atoms. The van der Waals surface area contributed by atoms with E-state index in [2.05, 4.69) is 5.32 Å². The van der Waals surface area contributed by atoms with E-state index in [9.17, 15) is 4.79 Å². The van der Waals surface area contributed by atoms with Gasteiger partial charge in [-0.05, 0) is 31.6 Å². The quantitative estimate of drug-likeness (QED) is 0.778. The van der Waals surface area contributed by atoms with Crippen molar-refractivity contribution in [1.82, 2.24) is 5.32 Å². The average Bonchev–Trinajstić information content (AvgIpc) is 3.00. The van der Waals surface area contributed by atoms with Crippen molar-refractivity contribution < 1.29 is 14.3 Å². The largest absolute Gasteiger partial charge is 0.468 e. The lowest BCUT2D eigenvalue weighted by atomic mass is 9.98. The molecule has 4 nitrogen and oxygen atoms in total. The molecule has 2 rings (SSSR count). The summed E-state index contributed by atoms with van der Waals surface area (Å²) in [5.74, 6) is 0.0536. The van der Waals surface area contributed by atoms with Crippen LogP contribution in [0.4, 0.5) is 0 Å². The molecule has 110 valence electrons. The highest BCUT2D eigenvalue weighted by Crippen LogP contribution is 2.43. The number of nitrogens with one attached hydrogen (secondary N) is 1. The first-order valence-corrected chi connectivity index (χ1v) is 7.55. The molecule has 2 unspecified atom stereocenters. The molecule has 19 heavy (non-hydrogen) atoms. The maximum atomic E-state index is 11.7. The van der Waals surface area contributed by atoms with Crippen LogP contribution in [0.1, 0.15) is 52.4 Å². The number of esters is 1. The highest BCUT2D eigenvalue weighted by molar-refractivity contribution is 5.75. The molecule has 1 heterocycles. The third-order valence-corrected chi connectivity index (χ3v) is 4.54. The van der Waals surface area contributed by atoms with Crippen molar-refractivity contribution in [2.75, 3.05) is 13.7 Å². The summed E-state index contributed by atoms with van der Waals surface area (Å²) in [6.07, 6.45) is 7.59. The molecule has 1 aliphatic heterocycles. The second kappa shape index (κ2) is 6.23. The second-order valence-electron chi connectivity index (χ2n) is 6.32. The fraction of sp³-hybridized carbons (Fsp3) is 0.933. The van der Waals surface area contributed by atoms with Gasteiger partial charge in [0.15, 0.2) is 0 Å². The van der Waals surface area contributed by atoms with Gasteiger partial charge < -0.3 is 14.8 Å². The first kappa shape index (κ1) is 14.8. The molecule has 0 aromatic heterocycles. The maximum Gasteiger partial charge on any atom is 0.323 e. The molecule has 0 bridgehead atoms. The van der Waals surface area contributed by atoms with Crippen LogP contribution in [0.15, 0.2) is 0 Å². The van der Waals surface area contributed by atoms with Crippen molar-refractivity contribution in [1.29, 1.82) is 0 Å². The topological polar surface area (TPSA) is 47.6 Å². The van der Waals surface area contributed by atoms with Crippen LogP contribution in [0, 0.1) is 5.92 Å². The van der Waals surface area contributed by atoms with Gasteiger partial charge >= 0.3 is 5.97 Å². The van der Waals surface area contributed by atoms with E-state index in [0.717, 1.165) is 13.0 Å². The lowest BCUT2D eigenvalue weighted by molar-refractivity contribution is -0.144. The van der Waals surface area contributed by atoms with E-state index in [1.165, 1.54) is 39.2 Å². The number of carbonyl (C=O) groups is 1. The van der Waals surface area contributed by atoms with E-state index in [0.29, 0.717) is 0 Å². The van der Waals surface area contributed by atoms with E-state index in [1.54, 1.807) is 0 Å². The van der Waals surface area contributed by atoms with Crippen LogP contribution in [-0.2, 0) is 14.3 Å². The number of hydrogen-bond acceptors (Lipinski definition) is 4. The zero-order chi connectivity index (χ0) is 13.9. The zero-order valence-electron chi connectivity index (χ0n) is 12.4. The van der Waals surface area contributed by atoms with Gasteiger partial charge in [0.2, 0.25) is 0 Å². The first-order valence-electron chi connectivity index (χ1n) is 7.55. The van der Waals surface area contributed by atoms with Crippen molar-refractivity contribution in [2.45, 2.75) is 70.1 Å². The standard InChI is InChI=1S/C15H27NO3/c1-11(2)13(14(17)18-3)16-10-12-6-9-15(19-12)7-4-5-8-15/h11-13,16H,4-10H2,1-3H3. The third kappa shape index (κ3) is 3.48. The van der Waals surface area contributed by atoms with Gasteiger partial charge in [-0.25, -0.2) is 0 Å². The van der Waals surface area contributed by atoms with Crippen molar-refractivity contribution in [2.24, 2.45) is 5.92 Å². The molecule has 2 atom stereocenters. The first-order chi connectivity index (χ1) is 9.06. The van der Waals surface area contributed by atoms with Gasteiger partial charge in [-0.2, -0.15) is 0 Å². The summed E-state index contributed by atoms with van der Waals surface area (Å²) in [7, 11) is 1.44. The maximum absolute atomic E-state index is 11.7. The van der Waals surface area contributed by atoms with Crippen molar-refractivity contribution in [3.63, 3.8) is 0 Å². The molecular weight excluding hydrogens is 242 g/mol. The summed E-state index contributed by atoms with van der Waals surface area (Å²) < 4.78 is 11.1. The molecule has 1 N–H and O–H groups in total. The smallest absolute Gasteiger partial charge is 0.323 e. The van der Waals surface area contributed by atoms with Gasteiger partial charge in [-0.3, -0.25) is 4.79 Å². The Balaban J connectivity index is 1.80. The van der Waals surface area contributed by atoms with Crippen molar-refractivity contribution in [3.8, 4) is 0 Å². The normalized spacial score (nSPS) is 27.1. The minimum atomic E-state index is -0.228. The summed E-state index contributed by atoms with van der Waals surface area (Å²) >= 11 is 0. The predicted octanol–water partition coefficient (Wildman–Crippen LogP) is 2.27. The summed E-state index contributed by atoms with van der Waals surface area (Å²) in [6, 6.07) is -0.228. The summed E-state index contributed by atoms with van der Waals surface area (Å²) in [4.78, 5) is 11.7. The lowest BCUT2D eigenvalue weighted by Crippen LogP contribution is -2.45. The van der Waals surface area contributed by atoms with E-state index < -0.39 is 0 Å². The molecule has 0 aromatic carbocycles. The minimum Gasteiger partial charge on any atom is -0.468 e. The van der Waals surface area contributed by atoms with E-state index in [1.807, 2.05) is 13.8 Å². The predicted molar refractivity (Wildman–Crippen MR) is 74.0 cm³/mol. The van der Waals surface area contributed by atoms with Gasteiger partial charge in [0.25, 0.3) is 0 Å². The average molecular weight is 269 g/mol. The highest BCUT2D eigenvalue weighted by atomic mass is 16.5. The van der Waals surface area contributed by atoms with Gasteiger partial charge in [-0.15, -0.1) is 0 Å². The van der Waals surface area contributed by atoms with Crippen molar-refractivity contribution in [3.05, 3.63) is 0 Å². The molecule has 1 saturated heterocycles. The number of ether oxygens (including phenoxy) is 2. The van der Waals surface area contributed by atoms with E-state index in [-0.39, 0.29) is 29.6 Å². The number of rotatable bonds is 5. The Morgan fingerprint density at radius 2 is 2.05 bits per heavy atom. The Kier molecular flexibility index (Phi) is 4.85. The molecule has 0 aromatic rings. The van der Waals surface area contributed by atoms with E-state index in [4.69, 9.17) is 9.47 Å². The second-order valence-corrected chi connectivity index (χ2v) is 6.32. The molecule has 1 aliphatic carbocycles. The van der Waals surface area contributed by atoms with Crippen molar-refractivity contribution >= 4 is 5.97 Å². The van der Waals surface area contributed by atoms with Crippen LogP contribution in [-0.4, -0.2) is 37.4 Å². The van der Waals surface area contributed by atoms with Crippen LogP contribution in [0.25, 0.3) is 0 Å². The van der Waals surface area contributed by atoms with Crippen LogP contribution < -0.4 is 5.32 Å². The number of methoxy groups -OCH3 is 1. The number of hydrogen-bond donors (Lipinski definition) is 1. The Labute approximate surface area is 116 Å². The SMILES string of the molecule is COC(=O)C(NCC1CCC2(CCCC2)O1)C(C)C. The molecule has 0 radical (unpaired) electrons. The summed E-state index contributed by atoms with van der Waals surface area (Å²) in [5.41, 5.74) is 0.172. The number of carbonyl (C=O) groups excluding carboxylic acids is 1. The Morgan fingerprint density at radius 1 is 1.37 bits per heavy atom. The van der Waals surface area contributed by atoms with Gasteiger partial charge in [0.05, 0.1) is 18.8 Å². The third-order valence-electron chi connectivity index (χ3n) is 4.54. The van der Waals surface area contributed by atoms with Crippen LogP contribution in [0.3, 0.4) is 0 Å². The molecular formula is C15H27NO3. The Bertz CT molecular complexity index is 311. The fourth-order valence-electron chi connectivity index (χ4n) is 3.40. The fourth-order valence-corrected chi connectivity index (χ4v) is 3.40. The minimum absolute atomic E-state index is 0.172. The molecule has 0 amide bonds. The van der Waals surface area contributed by atoms with Gasteiger partial charge in [0.1, 0.15) is 6.04 Å². The summed E-state index contributed by atoms with van der Waals surface area (Å²) in [5, 5.41) is 3.32. The Morgan fingerprint density at radius 3 is 2.63 bits per heavy atom. The lowest BCUT2D eigenvalue weighted by Gasteiger charge is -2.25. The molecule has 2 aliphatic rings. The molecule has 1 saturated carbocycles. The molecule has 2 fully saturated rings. The Hall–Kier alpha value is -0.610. The van der Waals surface area contributed by atoms with E-state index >= 15 is 0 Å². The highest BCUT2D eigenvalue weighted by Gasteiger charge is 2.42. The van der Waals surface area contributed by atoms with Crippen LogP contribution in [0.5, 0.6) is 0 Å². The zero-order valence-corrected chi connectivity index (χ0v) is 12.4. The van der Waals surface area contributed by atoms with Gasteiger partial charge in [-0.1, -0.05) is 26.7 Å². The van der Waals surface area contributed by atoms with Crippen LogP contribution >= 0.6 is 0 Å².